The predicted molar refractivity (Wildman–Crippen MR) is 72.8 cm³/mol. The SMILES string of the molecule is O=C(O)CCC(=O)NCCCCCNC(=O)NCC(=O)O. The van der Waals surface area contributed by atoms with Crippen molar-refractivity contribution in [3.8, 4) is 0 Å². The normalized spacial score (nSPS) is 9.71. The number of urea groups is 1. The number of hydrogen-bond acceptors (Lipinski definition) is 4. The molecule has 0 aromatic carbocycles. The van der Waals surface area contributed by atoms with E-state index in [1.54, 1.807) is 0 Å². The van der Waals surface area contributed by atoms with Gasteiger partial charge in [-0.1, -0.05) is 0 Å². The Hall–Kier alpha value is -2.32. The summed E-state index contributed by atoms with van der Waals surface area (Å²) in [6.07, 6.45) is 1.99. The van der Waals surface area contributed by atoms with Gasteiger partial charge in [-0.2, -0.15) is 0 Å². The maximum absolute atomic E-state index is 11.2. The van der Waals surface area contributed by atoms with Crippen molar-refractivity contribution in [3.63, 3.8) is 0 Å². The van der Waals surface area contributed by atoms with Crippen LogP contribution in [-0.4, -0.2) is 53.7 Å². The molecule has 0 saturated carbocycles. The van der Waals surface area contributed by atoms with Crippen LogP contribution >= 0.6 is 0 Å². The van der Waals surface area contributed by atoms with Crippen LogP contribution in [0.4, 0.5) is 4.79 Å². The predicted octanol–water partition coefficient (Wildman–Crippen LogP) is -0.478. The summed E-state index contributed by atoms with van der Waals surface area (Å²) in [6, 6.07) is -0.528. The van der Waals surface area contributed by atoms with Gasteiger partial charge in [0.15, 0.2) is 0 Å². The van der Waals surface area contributed by atoms with E-state index in [2.05, 4.69) is 16.0 Å². The van der Waals surface area contributed by atoms with Crippen molar-refractivity contribution in [2.75, 3.05) is 19.6 Å². The van der Waals surface area contributed by atoms with Crippen LogP contribution in [0.25, 0.3) is 0 Å². The molecule has 0 spiro atoms. The zero-order valence-corrected chi connectivity index (χ0v) is 11.7. The second-order valence-corrected chi connectivity index (χ2v) is 4.31. The Bertz CT molecular complexity index is 338. The molecule has 0 aliphatic carbocycles. The molecule has 21 heavy (non-hydrogen) atoms. The van der Waals surface area contributed by atoms with Gasteiger partial charge in [0.25, 0.3) is 0 Å². The molecule has 0 aliphatic rings. The van der Waals surface area contributed by atoms with Crippen molar-refractivity contribution >= 4 is 23.9 Å². The van der Waals surface area contributed by atoms with E-state index in [-0.39, 0.29) is 18.7 Å². The van der Waals surface area contributed by atoms with E-state index in [1.165, 1.54) is 0 Å². The third kappa shape index (κ3) is 13.9. The summed E-state index contributed by atoms with van der Waals surface area (Å²) in [6.45, 7) is 0.455. The van der Waals surface area contributed by atoms with Crippen LogP contribution in [0.3, 0.4) is 0 Å². The van der Waals surface area contributed by atoms with E-state index >= 15 is 0 Å². The maximum atomic E-state index is 11.2. The molecular weight excluding hydrogens is 282 g/mol. The van der Waals surface area contributed by atoms with Gasteiger partial charge in [-0.25, -0.2) is 4.79 Å². The molecule has 0 aromatic rings. The van der Waals surface area contributed by atoms with Gasteiger partial charge in [0, 0.05) is 19.5 Å². The molecule has 9 heteroatoms. The van der Waals surface area contributed by atoms with Gasteiger partial charge in [-0.05, 0) is 19.3 Å². The van der Waals surface area contributed by atoms with Crippen molar-refractivity contribution in [2.24, 2.45) is 0 Å². The summed E-state index contributed by atoms with van der Waals surface area (Å²) in [5.41, 5.74) is 0. The molecule has 0 aromatic heterocycles. The average Bonchev–Trinajstić information content (AvgIpc) is 2.41. The van der Waals surface area contributed by atoms with Gasteiger partial charge in [-0.15, -0.1) is 0 Å². The minimum Gasteiger partial charge on any atom is -0.481 e. The smallest absolute Gasteiger partial charge is 0.323 e. The molecule has 0 radical (unpaired) electrons. The second-order valence-electron chi connectivity index (χ2n) is 4.31. The summed E-state index contributed by atoms with van der Waals surface area (Å²) in [5, 5.41) is 24.0. The number of carbonyl (C=O) groups excluding carboxylic acids is 2. The third-order valence-electron chi connectivity index (χ3n) is 2.43. The highest BCUT2D eigenvalue weighted by molar-refractivity contribution is 5.80. The maximum Gasteiger partial charge on any atom is 0.323 e. The summed E-state index contributed by atoms with van der Waals surface area (Å²) in [7, 11) is 0. The molecule has 0 bridgehead atoms. The molecule has 0 heterocycles. The number of aliphatic carboxylic acids is 2. The molecule has 0 fully saturated rings. The fourth-order valence-corrected chi connectivity index (χ4v) is 1.38. The van der Waals surface area contributed by atoms with Gasteiger partial charge < -0.3 is 26.2 Å². The largest absolute Gasteiger partial charge is 0.481 e. The van der Waals surface area contributed by atoms with Crippen LogP contribution in [0.1, 0.15) is 32.1 Å². The highest BCUT2D eigenvalue weighted by Gasteiger charge is 2.04. The van der Waals surface area contributed by atoms with Crippen LogP contribution in [0, 0.1) is 0 Å². The minimum absolute atomic E-state index is 0.0271. The number of nitrogens with one attached hydrogen (secondary N) is 3. The first-order valence-corrected chi connectivity index (χ1v) is 6.64. The summed E-state index contributed by atoms with van der Waals surface area (Å²) < 4.78 is 0. The lowest BCUT2D eigenvalue weighted by molar-refractivity contribution is -0.139. The number of carboxylic acid groups (broad SMARTS) is 2. The van der Waals surface area contributed by atoms with Gasteiger partial charge in [0.05, 0.1) is 6.42 Å². The molecule has 120 valence electrons. The van der Waals surface area contributed by atoms with Gasteiger partial charge in [-0.3, -0.25) is 14.4 Å². The molecule has 0 aliphatic heterocycles. The molecule has 0 rings (SSSR count). The number of carboxylic acids is 2. The van der Waals surface area contributed by atoms with Crippen molar-refractivity contribution < 1.29 is 29.4 Å². The molecule has 3 amide bonds. The number of carbonyl (C=O) groups is 4. The van der Waals surface area contributed by atoms with Crippen molar-refractivity contribution in [2.45, 2.75) is 32.1 Å². The minimum atomic E-state index is -1.11. The standard InChI is InChI=1S/C12H21N3O6/c16-9(4-5-10(17)18)13-6-2-1-3-7-14-12(21)15-8-11(19)20/h1-8H2,(H,13,16)(H,17,18)(H,19,20)(H2,14,15,21). The van der Waals surface area contributed by atoms with Gasteiger partial charge >= 0.3 is 18.0 Å². The second kappa shape index (κ2) is 11.5. The zero-order chi connectivity index (χ0) is 16.1. The van der Waals surface area contributed by atoms with Crippen LogP contribution in [0.2, 0.25) is 0 Å². The topological polar surface area (TPSA) is 145 Å². The van der Waals surface area contributed by atoms with Crippen LogP contribution in [-0.2, 0) is 14.4 Å². The molecule has 0 unspecified atom stereocenters. The monoisotopic (exact) mass is 303 g/mol. The zero-order valence-electron chi connectivity index (χ0n) is 11.7. The van der Waals surface area contributed by atoms with Crippen molar-refractivity contribution in [1.82, 2.24) is 16.0 Å². The van der Waals surface area contributed by atoms with Crippen LogP contribution in [0.15, 0.2) is 0 Å². The van der Waals surface area contributed by atoms with E-state index < -0.39 is 24.5 Å². The van der Waals surface area contributed by atoms with Gasteiger partial charge in [0.1, 0.15) is 6.54 Å². The van der Waals surface area contributed by atoms with Crippen molar-refractivity contribution in [1.29, 1.82) is 0 Å². The Balaban J connectivity index is 3.36. The van der Waals surface area contributed by atoms with Gasteiger partial charge in [0.2, 0.25) is 5.91 Å². The summed E-state index contributed by atoms with van der Waals surface area (Å²) in [4.78, 5) is 42.6. The lowest BCUT2D eigenvalue weighted by atomic mass is 10.2. The van der Waals surface area contributed by atoms with E-state index in [9.17, 15) is 19.2 Å². The average molecular weight is 303 g/mol. The number of amides is 3. The molecule has 0 atom stereocenters. The Morgan fingerprint density at radius 1 is 0.714 bits per heavy atom. The van der Waals surface area contributed by atoms with Crippen LogP contribution in [0.5, 0.6) is 0 Å². The third-order valence-corrected chi connectivity index (χ3v) is 2.43. The number of rotatable bonds is 11. The summed E-state index contributed by atoms with van der Waals surface area (Å²) >= 11 is 0. The highest BCUT2D eigenvalue weighted by Crippen LogP contribution is 1.94. The fourth-order valence-electron chi connectivity index (χ4n) is 1.38. The lowest BCUT2D eigenvalue weighted by Gasteiger charge is -2.06. The molecular formula is C12H21N3O6. The number of hydrogen-bond donors (Lipinski definition) is 5. The first-order chi connectivity index (χ1) is 9.91. The first-order valence-electron chi connectivity index (χ1n) is 6.64. The van der Waals surface area contributed by atoms with E-state index in [0.29, 0.717) is 19.5 Å². The highest BCUT2D eigenvalue weighted by atomic mass is 16.4. The fraction of sp³-hybridized carbons (Fsp3) is 0.667. The Morgan fingerprint density at radius 2 is 1.33 bits per heavy atom. The summed E-state index contributed by atoms with van der Waals surface area (Å²) in [5.74, 6) is -2.40. The lowest BCUT2D eigenvalue weighted by Crippen LogP contribution is -2.38. The molecule has 5 N–H and O–H groups in total. The Kier molecular flexibility index (Phi) is 10.2. The van der Waals surface area contributed by atoms with E-state index in [1.807, 2.05) is 0 Å². The molecule has 0 saturated heterocycles. The quantitative estimate of drug-likeness (QED) is 0.326. The molecule has 9 nitrogen and oxygen atoms in total. The van der Waals surface area contributed by atoms with E-state index in [0.717, 1.165) is 12.8 Å². The first kappa shape index (κ1) is 18.7. The van der Waals surface area contributed by atoms with Crippen LogP contribution < -0.4 is 16.0 Å². The number of unbranched alkanes of at least 4 members (excludes halogenated alkanes) is 2. The van der Waals surface area contributed by atoms with E-state index in [4.69, 9.17) is 10.2 Å². The Morgan fingerprint density at radius 3 is 1.90 bits per heavy atom. The van der Waals surface area contributed by atoms with Crippen molar-refractivity contribution in [3.05, 3.63) is 0 Å². The Labute approximate surface area is 122 Å².